The van der Waals surface area contributed by atoms with Crippen molar-refractivity contribution in [2.45, 2.75) is 59.7 Å². The summed E-state index contributed by atoms with van der Waals surface area (Å²) in [7, 11) is -1.19. The SMILES string of the molecule is CC(=O)/C=C/C1/C(=C/[Si](C)(C)C)CCCC1(C)C. The molecule has 0 aliphatic heterocycles. The lowest BCUT2D eigenvalue weighted by Crippen LogP contribution is -2.30. The second-order valence-corrected chi connectivity index (χ2v) is 12.4. The second-order valence-electron chi connectivity index (χ2n) is 7.37. The van der Waals surface area contributed by atoms with Gasteiger partial charge in [-0.1, -0.05) is 50.8 Å². The summed E-state index contributed by atoms with van der Waals surface area (Å²) in [5.41, 5.74) is 4.40. The molecule has 0 amide bonds. The van der Waals surface area contributed by atoms with E-state index in [4.69, 9.17) is 0 Å². The lowest BCUT2D eigenvalue weighted by Gasteiger charge is -2.40. The summed E-state index contributed by atoms with van der Waals surface area (Å²) in [5, 5.41) is 0. The highest BCUT2D eigenvalue weighted by Gasteiger charge is 2.34. The molecule has 1 fully saturated rings. The molecular formula is C16H28OSi. The van der Waals surface area contributed by atoms with Gasteiger partial charge in [-0.15, -0.1) is 0 Å². The van der Waals surface area contributed by atoms with Crippen LogP contribution in [0.5, 0.6) is 0 Å². The number of carbonyl (C=O) groups excluding carboxylic acids is 1. The fourth-order valence-electron chi connectivity index (χ4n) is 2.89. The third kappa shape index (κ3) is 4.56. The molecule has 0 N–H and O–H groups in total. The Bertz CT molecular complexity index is 369. The molecule has 1 nitrogen and oxygen atoms in total. The molecule has 1 aliphatic rings. The van der Waals surface area contributed by atoms with Crippen LogP contribution in [0.3, 0.4) is 0 Å². The maximum atomic E-state index is 11.2. The number of hydrogen-bond acceptors (Lipinski definition) is 1. The number of carbonyl (C=O) groups is 1. The average Bonchev–Trinajstić information content (AvgIpc) is 2.12. The molecule has 0 aromatic heterocycles. The molecule has 0 bridgehead atoms. The zero-order valence-electron chi connectivity index (χ0n) is 12.8. The van der Waals surface area contributed by atoms with E-state index in [2.05, 4.69) is 45.3 Å². The van der Waals surface area contributed by atoms with Gasteiger partial charge in [-0.2, -0.15) is 0 Å². The minimum atomic E-state index is -1.19. The zero-order valence-corrected chi connectivity index (χ0v) is 13.8. The molecule has 0 saturated heterocycles. The number of rotatable bonds is 3. The maximum absolute atomic E-state index is 11.2. The summed E-state index contributed by atoms with van der Waals surface area (Å²) in [4.78, 5) is 11.2. The number of allylic oxidation sites excluding steroid dienone is 3. The quantitative estimate of drug-likeness (QED) is 0.530. The van der Waals surface area contributed by atoms with Crippen LogP contribution in [0.1, 0.15) is 40.0 Å². The maximum Gasteiger partial charge on any atom is 0.152 e. The molecule has 1 saturated carbocycles. The normalized spacial score (nSPS) is 26.8. The van der Waals surface area contributed by atoms with E-state index in [0.717, 1.165) is 0 Å². The number of hydrogen-bond donors (Lipinski definition) is 0. The van der Waals surface area contributed by atoms with Gasteiger partial charge < -0.3 is 0 Å². The second kappa shape index (κ2) is 5.56. The Hall–Kier alpha value is -0.633. The minimum absolute atomic E-state index is 0.156. The highest BCUT2D eigenvalue weighted by atomic mass is 28.3. The smallest absolute Gasteiger partial charge is 0.152 e. The van der Waals surface area contributed by atoms with Crippen molar-refractivity contribution >= 4 is 13.9 Å². The van der Waals surface area contributed by atoms with Gasteiger partial charge in [0, 0.05) is 5.92 Å². The van der Waals surface area contributed by atoms with Crippen molar-refractivity contribution in [2.24, 2.45) is 11.3 Å². The van der Waals surface area contributed by atoms with E-state index >= 15 is 0 Å². The molecule has 0 radical (unpaired) electrons. The van der Waals surface area contributed by atoms with Gasteiger partial charge in [-0.25, -0.2) is 0 Å². The monoisotopic (exact) mass is 264 g/mol. The van der Waals surface area contributed by atoms with E-state index in [-0.39, 0.29) is 11.2 Å². The molecule has 2 heteroatoms. The molecule has 0 spiro atoms. The molecule has 0 aromatic rings. The largest absolute Gasteiger partial charge is 0.295 e. The molecule has 1 rings (SSSR count). The van der Waals surface area contributed by atoms with E-state index in [1.165, 1.54) is 19.3 Å². The summed E-state index contributed by atoms with van der Waals surface area (Å²) in [6.07, 6.45) is 7.65. The van der Waals surface area contributed by atoms with E-state index in [0.29, 0.717) is 5.92 Å². The first-order valence-corrected chi connectivity index (χ1v) is 10.6. The van der Waals surface area contributed by atoms with Crippen LogP contribution in [0.2, 0.25) is 19.6 Å². The van der Waals surface area contributed by atoms with Crippen LogP contribution < -0.4 is 0 Å². The van der Waals surface area contributed by atoms with Crippen molar-refractivity contribution in [3.8, 4) is 0 Å². The lowest BCUT2D eigenvalue weighted by molar-refractivity contribution is -0.112. The van der Waals surface area contributed by atoms with Gasteiger partial charge in [-0.05, 0) is 37.7 Å². The molecule has 102 valence electrons. The average molecular weight is 264 g/mol. The Morgan fingerprint density at radius 1 is 1.33 bits per heavy atom. The van der Waals surface area contributed by atoms with Crippen molar-refractivity contribution in [1.82, 2.24) is 0 Å². The first kappa shape index (κ1) is 15.4. The predicted octanol–water partition coefficient (Wildman–Crippen LogP) is 4.76. The summed E-state index contributed by atoms with van der Waals surface area (Å²) in [6.45, 7) is 13.4. The third-order valence-corrected chi connectivity index (χ3v) is 4.91. The van der Waals surface area contributed by atoms with E-state index < -0.39 is 8.07 Å². The van der Waals surface area contributed by atoms with Crippen molar-refractivity contribution in [1.29, 1.82) is 0 Å². The van der Waals surface area contributed by atoms with Gasteiger partial charge in [0.05, 0.1) is 8.07 Å². The fraction of sp³-hybridized carbons (Fsp3) is 0.688. The first-order valence-electron chi connectivity index (χ1n) is 7.02. The number of ketones is 1. The van der Waals surface area contributed by atoms with Gasteiger partial charge in [0.15, 0.2) is 5.78 Å². The minimum Gasteiger partial charge on any atom is -0.295 e. The van der Waals surface area contributed by atoms with Crippen molar-refractivity contribution in [3.63, 3.8) is 0 Å². The van der Waals surface area contributed by atoms with Crippen molar-refractivity contribution in [2.75, 3.05) is 0 Å². The van der Waals surface area contributed by atoms with Crippen LogP contribution >= 0.6 is 0 Å². The molecule has 1 atom stereocenters. The standard InChI is InChI=1S/C16H28OSi/c1-13(17)9-10-15-14(12-18(4,5)6)8-7-11-16(15,2)3/h9-10,12,15H,7-8,11H2,1-6H3/b10-9+,14-12+. The molecule has 1 aliphatic carbocycles. The first-order chi connectivity index (χ1) is 8.12. The highest BCUT2D eigenvalue weighted by molar-refractivity contribution is 6.81. The molecule has 0 aromatic carbocycles. The molecular weight excluding hydrogens is 236 g/mol. The van der Waals surface area contributed by atoms with Crippen LogP contribution in [-0.2, 0) is 4.79 Å². The third-order valence-electron chi connectivity index (χ3n) is 3.67. The van der Waals surface area contributed by atoms with Gasteiger partial charge in [0.2, 0.25) is 0 Å². The molecule has 0 heterocycles. The summed E-state index contributed by atoms with van der Waals surface area (Å²) in [5.74, 6) is 0.602. The van der Waals surface area contributed by atoms with Crippen molar-refractivity contribution in [3.05, 3.63) is 23.4 Å². The van der Waals surface area contributed by atoms with E-state index in [1.54, 1.807) is 18.6 Å². The fourth-order valence-corrected chi connectivity index (χ4v) is 4.33. The van der Waals surface area contributed by atoms with E-state index in [1.807, 2.05) is 0 Å². The lowest BCUT2D eigenvalue weighted by atomic mass is 9.66. The predicted molar refractivity (Wildman–Crippen MR) is 82.4 cm³/mol. The Morgan fingerprint density at radius 2 is 1.94 bits per heavy atom. The summed E-state index contributed by atoms with van der Waals surface area (Å²) < 4.78 is 0. The summed E-state index contributed by atoms with van der Waals surface area (Å²) in [6, 6.07) is 0. The van der Waals surface area contributed by atoms with Crippen LogP contribution in [0.4, 0.5) is 0 Å². The van der Waals surface area contributed by atoms with E-state index in [9.17, 15) is 4.79 Å². The van der Waals surface area contributed by atoms with Crippen LogP contribution in [0, 0.1) is 11.3 Å². The topological polar surface area (TPSA) is 17.1 Å². The molecule has 1 unspecified atom stereocenters. The molecule has 18 heavy (non-hydrogen) atoms. The van der Waals surface area contributed by atoms with Gasteiger partial charge in [-0.3, -0.25) is 4.79 Å². The van der Waals surface area contributed by atoms with Crippen LogP contribution in [-0.4, -0.2) is 13.9 Å². The van der Waals surface area contributed by atoms with Gasteiger partial charge >= 0.3 is 0 Å². The van der Waals surface area contributed by atoms with Crippen molar-refractivity contribution < 1.29 is 4.79 Å². The Kier molecular flexibility index (Phi) is 4.76. The Balaban J connectivity index is 3.07. The van der Waals surface area contributed by atoms with Crippen LogP contribution in [0.25, 0.3) is 0 Å². The Labute approximate surface area is 113 Å². The van der Waals surface area contributed by atoms with Gasteiger partial charge in [0.1, 0.15) is 0 Å². The summed E-state index contributed by atoms with van der Waals surface area (Å²) >= 11 is 0. The highest BCUT2D eigenvalue weighted by Crippen LogP contribution is 2.44. The Morgan fingerprint density at radius 3 is 2.44 bits per heavy atom. The van der Waals surface area contributed by atoms with Crippen LogP contribution in [0.15, 0.2) is 23.4 Å². The zero-order chi connectivity index (χ0) is 14.0. The van der Waals surface area contributed by atoms with Gasteiger partial charge in [0.25, 0.3) is 0 Å².